The number of carbonyl (C=O) groups excluding carboxylic acids is 3. The van der Waals surface area contributed by atoms with Crippen LogP contribution in [0.3, 0.4) is 0 Å². The van der Waals surface area contributed by atoms with Gasteiger partial charge in [0.1, 0.15) is 0 Å². The lowest BCUT2D eigenvalue weighted by atomic mass is 9.98. The van der Waals surface area contributed by atoms with Gasteiger partial charge in [-0.3, -0.25) is 14.4 Å². The van der Waals surface area contributed by atoms with E-state index in [-0.39, 0.29) is 24.6 Å². The van der Waals surface area contributed by atoms with Crippen molar-refractivity contribution in [1.29, 1.82) is 0 Å². The molecule has 1 saturated heterocycles. The van der Waals surface area contributed by atoms with Gasteiger partial charge in [0.2, 0.25) is 10.0 Å². The Labute approximate surface area is 165 Å². The number of benzene rings is 1. The molecule has 8 nitrogen and oxygen atoms in total. The number of nitrogens with zero attached hydrogens (tertiary/aromatic N) is 1. The number of hydrogen-bond donors (Lipinski definition) is 1. The second kappa shape index (κ2) is 9.29. The van der Waals surface area contributed by atoms with E-state index in [1.54, 1.807) is 31.2 Å². The summed E-state index contributed by atoms with van der Waals surface area (Å²) >= 11 is 0. The first kappa shape index (κ1) is 22.0. The number of anilines is 1. The minimum atomic E-state index is -3.26. The van der Waals surface area contributed by atoms with Gasteiger partial charge in [-0.2, -0.15) is 0 Å². The SMILES string of the molecule is CCS(=O)(=O)N1CCC(C(=O)OC(C)C(=O)Nc2ccccc2C(C)=O)CC1. The third kappa shape index (κ3) is 5.39. The standard InChI is InChI=1S/C19H26N2O6S/c1-4-28(25,26)21-11-9-15(10-12-21)19(24)27-14(3)18(23)20-17-8-6-5-7-16(17)13(2)22/h5-8,14-15H,4,9-12H2,1-3H3,(H,20,23). The third-order valence-corrected chi connectivity index (χ3v) is 6.65. The molecule has 1 aromatic carbocycles. The summed E-state index contributed by atoms with van der Waals surface area (Å²) in [5.41, 5.74) is 0.736. The number of ketones is 1. The molecular formula is C19H26N2O6S. The zero-order valence-electron chi connectivity index (χ0n) is 16.3. The maximum Gasteiger partial charge on any atom is 0.309 e. The number of hydrogen-bond acceptors (Lipinski definition) is 6. The Kier molecular flexibility index (Phi) is 7.31. The van der Waals surface area contributed by atoms with E-state index in [1.807, 2.05) is 0 Å². The summed E-state index contributed by atoms with van der Waals surface area (Å²) in [5, 5.41) is 2.61. The lowest BCUT2D eigenvalue weighted by Crippen LogP contribution is -2.42. The molecule has 0 spiro atoms. The number of Topliss-reactive ketones (excluding diaryl/α,β-unsaturated/α-hetero) is 1. The summed E-state index contributed by atoms with van der Waals surface area (Å²) in [6, 6.07) is 6.59. The van der Waals surface area contributed by atoms with Crippen molar-refractivity contribution in [2.24, 2.45) is 5.92 Å². The molecule has 0 saturated carbocycles. The van der Waals surface area contributed by atoms with Crippen molar-refractivity contribution in [3.63, 3.8) is 0 Å². The van der Waals surface area contributed by atoms with Crippen LogP contribution in [0.25, 0.3) is 0 Å². The fraction of sp³-hybridized carbons (Fsp3) is 0.526. The predicted molar refractivity (Wildman–Crippen MR) is 104 cm³/mol. The maximum absolute atomic E-state index is 12.3. The van der Waals surface area contributed by atoms with E-state index < -0.39 is 33.9 Å². The molecule has 1 fully saturated rings. The fourth-order valence-corrected chi connectivity index (χ4v) is 4.14. The number of piperidine rings is 1. The van der Waals surface area contributed by atoms with Crippen LogP contribution in [0.15, 0.2) is 24.3 Å². The number of nitrogens with one attached hydrogen (secondary N) is 1. The number of amides is 1. The zero-order chi connectivity index (χ0) is 20.9. The van der Waals surface area contributed by atoms with E-state index in [4.69, 9.17) is 4.74 Å². The van der Waals surface area contributed by atoms with Gasteiger partial charge < -0.3 is 10.1 Å². The monoisotopic (exact) mass is 410 g/mol. The van der Waals surface area contributed by atoms with Gasteiger partial charge in [0.05, 0.1) is 17.4 Å². The van der Waals surface area contributed by atoms with Crippen molar-refractivity contribution in [2.75, 3.05) is 24.2 Å². The molecule has 28 heavy (non-hydrogen) atoms. The molecule has 1 N–H and O–H groups in total. The summed E-state index contributed by atoms with van der Waals surface area (Å²) in [4.78, 5) is 36.3. The van der Waals surface area contributed by atoms with Crippen LogP contribution in [0.5, 0.6) is 0 Å². The van der Waals surface area contributed by atoms with E-state index in [1.165, 1.54) is 18.2 Å². The van der Waals surface area contributed by atoms with Crippen LogP contribution >= 0.6 is 0 Å². The minimum Gasteiger partial charge on any atom is -0.452 e. The highest BCUT2D eigenvalue weighted by Crippen LogP contribution is 2.22. The number of esters is 1. The molecule has 1 amide bonds. The molecule has 1 heterocycles. The first-order chi connectivity index (χ1) is 13.2. The largest absolute Gasteiger partial charge is 0.452 e. The van der Waals surface area contributed by atoms with Crippen LogP contribution < -0.4 is 5.32 Å². The van der Waals surface area contributed by atoms with Gasteiger partial charge >= 0.3 is 5.97 Å². The number of carbonyl (C=O) groups is 3. The molecule has 154 valence electrons. The minimum absolute atomic E-state index is 0.0288. The molecule has 0 radical (unpaired) electrons. The van der Waals surface area contributed by atoms with Gasteiger partial charge in [-0.1, -0.05) is 12.1 Å². The van der Waals surface area contributed by atoms with Crippen LogP contribution in [-0.4, -0.2) is 55.3 Å². The molecule has 2 rings (SSSR count). The molecule has 0 aliphatic carbocycles. The van der Waals surface area contributed by atoms with E-state index >= 15 is 0 Å². The summed E-state index contributed by atoms with van der Waals surface area (Å²) in [6.45, 7) is 4.98. The van der Waals surface area contributed by atoms with Crippen molar-refractivity contribution in [3.05, 3.63) is 29.8 Å². The molecule has 1 atom stereocenters. The number of rotatable bonds is 7. The van der Waals surface area contributed by atoms with Gasteiger partial charge in [-0.05, 0) is 45.7 Å². The lowest BCUT2D eigenvalue weighted by molar-refractivity contribution is -0.158. The number of ether oxygens (including phenoxy) is 1. The topological polar surface area (TPSA) is 110 Å². The zero-order valence-corrected chi connectivity index (χ0v) is 17.1. The Morgan fingerprint density at radius 3 is 2.39 bits per heavy atom. The highest BCUT2D eigenvalue weighted by molar-refractivity contribution is 7.89. The van der Waals surface area contributed by atoms with Gasteiger partial charge in [-0.25, -0.2) is 12.7 Å². The van der Waals surface area contributed by atoms with Crippen molar-refractivity contribution < 1.29 is 27.5 Å². The average molecular weight is 410 g/mol. The predicted octanol–water partition coefficient (Wildman–Crippen LogP) is 1.82. The summed E-state index contributed by atoms with van der Waals surface area (Å²) in [6.07, 6.45) is -0.316. The van der Waals surface area contributed by atoms with E-state index in [0.717, 1.165) is 0 Å². The lowest BCUT2D eigenvalue weighted by Gasteiger charge is -2.30. The average Bonchev–Trinajstić information content (AvgIpc) is 2.68. The molecule has 9 heteroatoms. The van der Waals surface area contributed by atoms with Crippen LogP contribution in [0.4, 0.5) is 5.69 Å². The van der Waals surface area contributed by atoms with Crippen LogP contribution in [-0.2, 0) is 24.3 Å². The van der Waals surface area contributed by atoms with Crippen molar-refractivity contribution in [3.8, 4) is 0 Å². The van der Waals surface area contributed by atoms with E-state index in [2.05, 4.69) is 5.32 Å². The molecule has 1 aromatic rings. The quantitative estimate of drug-likeness (QED) is 0.542. The Balaban J connectivity index is 1.91. The van der Waals surface area contributed by atoms with Gasteiger partial charge in [-0.15, -0.1) is 0 Å². The van der Waals surface area contributed by atoms with E-state index in [0.29, 0.717) is 24.1 Å². The van der Waals surface area contributed by atoms with E-state index in [9.17, 15) is 22.8 Å². The highest BCUT2D eigenvalue weighted by Gasteiger charge is 2.32. The Morgan fingerprint density at radius 1 is 1.21 bits per heavy atom. The van der Waals surface area contributed by atoms with Crippen molar-refractivity contribution in [1.82, 2.24) is 4.31 Å². The second-order valence-corrected chi connectivity index (χ2v) is 9.00. The smallest absolute Gasteiger partial charge is 0.309 e. The molecule has 1 aliphatic heterocycles. The number of para-hydroxylation sites is 1. The maximum atomic E-state index is 12.3. The van der Waals surface area contributed by atoms with Crippen molar-refractivity contribution >= 4 is 33.4 Å². The number of sulfonamides is 1. The molecule has 0 aromatic heterocycles. The molecule has 1 unspecified atom stereocenters. The fourth-order valence-electron chi connectivity index (χ4n) is 3.01. The molecule has 1 aliphatic rings. The van der Waals surface area contributed by atoms with Crippen LogP contribution in [0.1, 0.15) is 44.0 Å². The Hall–Kier alpha value is -2.26. The van der Waals surface area contributed by atoms with Crippen LogP contribution in [0, 0.1) is 5.92 Å². The van der Waals surface area contributed by atoms with Gasteiger partial charge in [0.25, 0.3) is 5.91 Å². The van der Waals surface area contributed by atoms with Crippen molar-refractivity contribution in [2.45, 2.75) is 39.7 Å². The summed E-state index contributed by atoms with van der Waals surface area (Å²) < 4.78 is 30.4. The first-order valence-electron chi connectivity index (χ1n) is 9.24. The first-order valence-corrected chi connectivity index (χ1v) is 10.9. The normalized spacial score (nSPS) is 17.0. The Bertz CT molecular complexity index is 844. The summed E-state index contributed by atoms with van der Waals surface area (Å²) in [5.74, 6) is -1.65. The molecular weight excluding hydrogens is 384 g/mol. The van der Waals surface area contributed by atoms with Crippen LogP contribution in [0.2, 0.25) is 0 Å². The highest BCUT2D eigenvalue weighted by atomic mass is 32.2. The second-order valence-electron chi connectivity index (χ2n) is 6.74. The van der Waals surface area contributed by atoms with Gasteiger partial charge in [0.15, 0.2) is 11.9 Å². The third-order valence-electron chi connectivity index (χ3n) is 4.77. The summed E-state index contributed by atoms with van der Waals surface area (Å²) in [7, 11) is -3.26. The molecule has 0 bridgehead atoms. The van der Waals surface area contributed by atoms with Gasteiger partial charge in [0, 0.05) is 18.7 Å². The Morgan fingerprint density at radius 2 is 1.82 bits per heavy atom.